The van der Waals surface area contributed by atoms with E-state index in [1.165, 1.54) is 39.1 Å². The summed E-state index contributed by atoms with van der Waals surface area (Å²) < 4.78 is 5.50. The number of fused-ring (bicyclic) bond motifs is 1. The van der Waals surface area contributed by atoms with Gasteiger partial charge >= 0.3 is 5.97 Å². The minimum absolute atomic E-state index is 0.119. The van der Waals surface area contributed by atoms with E-state index in [2.05, 4.69) is 111 Å². The molecule has 0 aromatic heterocycles. The van der Waals surface area contributed by atoms with Crippen molar-refractivity contribution in [1.82, 2.24) is 0 Å². The third kappa shape index (κ3) is 7.28. The summed E-state index contributed by atoms with van der Waals surface area (Å²) in [5.74, 6) is -0.119. The van der Waals surface area contributed by atoms with Gasteiger partial charge in [-0.2, -0.15) is 0 Å². The summed E-state index contributed by atoms with van der Waals surface area (Å²) in [7, 11) is 0. The van der Waals surface area contributed by atoms with Gasteiger partial charge in [-0.15, -0.1) is 0 Å². The topological polar surface area (TPSA) is 41.9 Å². The van der Waals surface area contributed by atoms with E-state index in [4.69, 9.17) is 9.73 Å². The Bertz CT molecular complexity index is 1440. The molecule has 1 aliphatic carbocycles. The van der Waals surface area contributed by atoms with Gasteiger partial charge in [-0.3, -0.25) is 9.79 Å². The number of esters is 1. The molecule has 0 aliphatic heterocycles. The first-order valence-electron chi connectivity index (χ1n) is 15.4. The van der Waals surface area contributed by atoms with E-state index in [1.54, 1.807) is 0 Å². The lowest BCUT2D eigenvalue weighted by Gasteiger charge is -2.23. The fourth-order valence-electron chi connectivity index (χ4n) is 5.18. The van der Waals surface area contributed by atoms with Crippen LogP contribution in [0.1, 0.15) is 81.7 Å². The highest BCUT2D eigenvalue weighted by Crippen LogP contribution is 2.37. The highest BCUT2D eigenvalue weighted by atomic mass is 16.5. The van der Waals surface area contributed by atoms with E-state index >= 15 is 0 Å². The lowest BCUT2D eigenvalue weighted by molar-refractivity contribution is -0.154. The second-order valence-electron chi connectivity index (χ2n) is 11.6. The number of rotatable bonds is 12. The Labute approximate surface area is 252 Å². The highest BCUT2D eigenvalue weighted by Gasteiger charge is 2.26. The maximum absolute atomic E-state index is 12.2. The van der Waals surface area contributed by atoms with Crippen molar-refractivity contribution in [1.29, 1.82) is 0 Å². The Morgan fingerprint density at radius 1 is 0.810 bits per heavy atom. The van der Waals surface area contributed by atoms with Gasteiger partial charge < -0.3 is 9.64 Å². The lowest BCUT2D eigenvalue weighted by Crippen LogP contribution is -2.26. The molecular weight excluding hydrogens is 516 g/mol. The second kappa shape index (κ2) is 14.3. The molecule has 4 nitrogen and oxygen atoms in total. The average molecular weight is 563 g/mol. The molecule has 3 aromatic carbocycles. The van der Waals surface area contributed by atoms with Crippen molar-refractivity contribution >= 4 is 28.5 Å². The number of benzene rings is 3. The number of hydrogen-bond acceptors (Lipinski definition) is 4. The summed E-state index contributed by atoms with van der Waals surface area (Å²) in [5, 5.41) is 0. The number of unbranched alkanes of at least 4 members (excludes halogenated alkanes) is 1. The standard InChI is InChI=1S/C38H46N2O2/c1-7-38(5,6)37(41)42-27-13-12-26-39-35-25-24-34(32-14-10-11-15-33(32)35)36(29-18-16-28(4)17-19-29)30-20-22-31(23-21-30)40(8-2)9-3/h10-11,14-25H,7-9,12-13,26-27H2,1-6H3. The highest BCUT2D eigenvalue weighted by molar-refractivity contribution is 6.19. The van der Waals surface area contributed by atoms with Crippen molar-refractivity contribution in [2.75, 3.05) is 31.1 Å². The van der Waals surface area contributed by atoms with Crippen LogP contribution >= 0.6 is 0 Å². The largest absolute Gasteiger partial charge is 0.465 e. The van der Waals surface area contributed by atoms with Gasteiger partial charge in [-0.1, -0.05) is 79.2 Å². The van der Waals surface area contributed by atoms with Crippen LogP contribution in [0.4, 0.5) is 5.69 Å². The van der Waals surface area contributed by atoms with Crippen LogP contribution in [-0.2, 0) is 9.53 Å². The fourth-order valence-corrected chi connectivity index (χ4v) is 5.18. The molecule has 0 N–H and O–H groups in total. The number of allylic oxidation sites excluding steroid dienone is 3. The number of hydrogen-bond donors (Lipinski definition) is 0. The van der Waals surface area contributed by atoms with Crippen LogP contribution in [0, 0.1) is 12.3 Å². The minimum Gasteiger partial charge on any atom is -0.465 e. The summed E-state index contributed by atoms with van der Waals surface area (Å²) in [6.45, 7) is 15.5. The fraction of sp³-hybridized carbons (Fsp3) is 0.368. The molecule has 1 aliphatic rings. The molecule has 0 bridgehead atoms. The Kier molecular flexibility index (Phi) is 10.6. The number of ether oxygens (including phenoxy) is 1. The van der Waals surface area contributed by atoms with Gasteiger partial charge in [0.15, 0.2) is 0 Å². The monoisotopic (exact) mass is 562 g/mol. The quantitative estimate of drug-likeness (QED) is 0.163. The normalized spacial score (nSPS) is 15.0. The van der Waals surface area contributed by atoms with Crippen LogP contribution in [0.15, 0.2) is 89.9 Å². The Hall–Kier alpha value is -3.92. The number of nitrogens with zero attached hydrogens (tertiary/aromatic N) is 2. The smallest absolute Gasteiger partial charge is 0.311 e. The zero-order valence-corrected chi connectivity index (χ0v) is 26.2. The van der Waals surface area contributed by atoms with E-state index in [-0.39, 0.29) is 5.97 Å². The van der Waals surface area contributed by atoms with Gasteiger partial charge in [0.2, 0.25) is 0 Å². The van der Waals surface area contributed by atoms with Crippen molar-refractivity contribution in [2.45, 2.75) is 60.8 Å². The SMILES string of the molecule is CCN(CC)c1ccc(C(=C2C=CC(=NCCCCOC(=O)C(C)(C)CC)c3ccccc32)c2ccc(C)cc2)cc1. The van der Waals surface area contributed by atoms with Gasteiger partial charge in [0.25, 0.3) is 0 Å². The second-order valence-corrected chi connectivity index (χ2v) is 11.6. The average Bonchev–Trinajstić information content (AvgIpc) is 3.01. The van der Waals surface area contributed by atoms with Gasteiger partial charge in [0.1, 0.15) is 0 Å². The number of carbonyl (C=O) groups excluding carboxylic acids is 1. The van der Waals surface area contributed by atoms with Crippen LogP contribution in [0.5, 0.6) is 0 Å². The first-order chi connectivity index (χ1) is 20.3. The van der Waals surface area contributed by atoms with Crippen molar-refractivity contribution in [2.24, 2.45) is 10.4 Å². The van der Waals surface area contributed by atoms with Gasteiger partial charge in [-0.25, -0.2) is 0 Å². The molecule has 0 atom stereocenters. The van der Waals surface area contributed by atoms with Crippen LogP contribution in [0.3, 0.4) is 0 Å². The summed E-state index contributed by atoms with van der Waals surface area (Å²) in [5.41, 5.74) is 10.2. The predicted octanol–water partition coefficient (Wildman–Crippen LogP) is 8.92. The van der Waals surface area contributed by atoms with Gasteiger partial charge in [0.05, 0.1) is 17.7 Å². The molecule has 4 rings (SSSR count). The molecule has 0 saturated heterocycles. The van der Waals surface area contributed by atoms with Crippen molar-refractivity contribution in [3.05, 3.63) is 113 Å². The van der Waals surface area contributed by atoms with Crippen molar-refractivity contribution in [3.63, 3.8) is 0 Å². The third-order valence-corrected chi connectivity index (χ3v) is 8.30. The van der Waals surface area contributed by atoms with Crippen LogP contribution in [0.2, 0.25) is 0 Å². The summed E-state index contributed by atoms with van der Waals surface area (Å²) >= 11 is 0. The number of aliphatic imine (C=N–C) groups is 1. The van der Waals surface area contributed by atoms with E-state index in [9.17, 15) is 4.79 Å². The first-order valence-corrected chi connectivity index (χ1v) is 15.4. The van der Waals surface area contributed by atoms with Gasteiger partial charge in [-0.05, 0) is 99.9 Å². The molecular formula is C38H46N2O2. The van der Waals surface area contributed by atoms with E-state index in [0.717, 1.165) is 43.6 Å². The van der Waals surface area contributed by atoms with Crippen LogP contribution in [0.25, 0.3) is 11.1 Å². The predicted molar refractivity (Wildman–Crippen MR) is 178 cm³/mol. The molecule has 0 unspecified atom stereocenters. The molecule has 0 saturated carbocycles. The van der Waals surface area contributed by atoms with Gasteiger partial charge in [0, 0.05) is 30.9 Å². The zero-order valence-electron chi connectivity index (χ0n) is 26.2. The van der Waals surface area contributed by atoms with E-state index in [1.807, 2.05) is 20.8 Å². The van der Waals surface area contributed by atoms with Crippen LogP contribution < -0.4 is 4.90 Å². The zero-order chi connectivity index (χ0) is 30.1. The molecule has 0 fully saturated rings. The Morgan fingerprint density at radius 2 is 1.43 bits per heavy atom. The van der Waals surface area contributed by atoms with E-state index < -0.39 is 5.41 Å². The molecule has 42 heavy (non-hydrogen) atoms. The maximum Gasteiger partial charge on any atom is 0.311 e. The number of anilines is 1. The van der Waals surface area contributed by atoms with E-state index in [0.29, 0.717) is 13.2 Å². The molecule has 0 radical (unpaired) electrons. The molecule has 0 heterocycles. The number of carbonyl (C=O) groups is 1. The molecule has 3 aromatic rings. The first kappa shape index (κ1) is 31.0. The summed E-state index contributed by atoms with van der Waals surface area (Å²) in [6, 6.07) is 26.4. The van der Waals surface area contributed by atoms with Crippen LogP contribution in [-0.4, -0.2) is 37.9 Å². The van der Waals surface area contributed by atoms with Crippen molar-refractivity contribution < 1.29 is 9.53 Å². The molecule has 220 valence electrons. The Balaban J connectivity index is 1.62. The number of aryl methyl sites for hydroxylation is 1. The maximum atomic E-state index is 12.2. The summed E-state index contributed by atoms with van der Waals surface area (Å²) in [6.07, 6.45) is 6.83. The van der Waals surface area contributed by atoms with Crippen molar-refractivity contribution in [3.8, 4) is 0 Å². The molecule has 4 heteroatoms. The minimum atomic E-state index is -0.424. The molecule has 0 amide bonds. The third-order valence-electron chi connectivity index (χ3n) is 8.30. The molecule has 0 spiro atoms. The lowest BCUT2D eigenvalue weighted by atomic mass is 9.83. The summed E-state index contributed by atoms with van der Waals surface area (Å²) in [4.78, 5) is 19.6. The Morgan fingerprint density at radius 3 is 2.05 bits per heavy atom.